The molecule has 4 nitrogen and oxygen atoms in total. The fraction of sp³-hybridized carbons (Fsp3) is 0.259. The Labute approximate surface area is 206 Å². The summed E-state index contributed by atoms with van der Waals surface area (Å²) in [6.45, 7) is 0. The van der Waals surface area contributed by atoms with Crippen molar-refractivity contribution in [1.29, 1.82) is 0 Å². The maximum Gasteiger partial charge on any atom is 0.471 e. The van der Waals surface area contributed by atoms with Crippen molar-refractivity contribution in [2.45, 2.75) is 44.3 Å². The number of carbonyl (C=O) groups is 2. The lowest BCUT2D eigenvalue weighted by Gasteiger charge is -2.19. The highest BCUT2D eigenvalue weighted by Crippen LogP contribution is 2.27. The minimum absolute atomic E-state index is 0.0247. The highest BCUT2D eigenvalue weighted by molar-refractivity contribution is 6.30. The van der Waals surface area contributed by atoms with Gasteiger partial charge in [0.15, 0.2) is 0 Å². The Balaban J connectivity index is 1.46. The number of fused-ring (bicyclic) bond motifs is 1. The van der Waals surface area contributed by atoms with Gasteiger partial charge in [-0.3, -0.25) is 9.59 Å². The second-order valence-electron chi connectivity index (χ2n) is 8.54. The van der Waals surface area contributed by atoms with Gasteiger partial charge in [0, 0.05) is 11.1 Å². The van der Waals surface area contributed by atoms with E-state index in [1.807, 2.05) is 35.6 Å². The zero-order chi connectivity index (χ0) is 25.0. The minimum atomic E-state index is -5.06. The van der Waals surface area contributed by atoms with Crippen molar-refractivity contribution < 1.29 is 27.5 Å². The first-order valence-electron chi connectivity index (χ1n) is 11.2. The summed E-state index contributed by atoms with van der Waals surface area (Å²) < 4.78 is 44.1. The fourth-order valence-electron chi connectivity index (χ4n) is 4.21. The van der Waals surface area contributed by atoms with Crippen LogP contribution in [0.1, 0.15) is 29.5 Å². The monoisotopic (exact) mass is 501 g/mol. The summed E-state index contributed by atoms with van der Waals surface area (Å²) in [6, 6.07) is 18.7. The molecule has 35 heavy (non-hydrogen) atoms. The third-order valence-electron chi connectivity index (χ3n) is 5.90. The second-order valence-corrected chi connectivity index (χ2v) is 8.98. The lowest BCUT2D eigenvalue weighted by molar-refractivity contribution is -0.174. The molecule has 1 aliphatic carbocycles. The minimum Gasteiger partial charge on any atom is -0.426 e. The van der Waals surface area contributed by atoms with E-state index in [-0.39, 0.29) is 6.42 Å². The average Bonchev–Trinajstić information content (AvgIpc) is 3.27. The van der Waals surface area contributed by atoms with Crippen LogP contribution < -0.4 is 10.1 Å². The van der Waals surface area contributed by atoms with Crippen LogP contribution in [0.3, 0.4) is 0 Å². The Morgan fingerprint density at radius 1 is 0.943 bits per heavy atom. The fourth-order valence-corrected chi connectivity index (χ4v) is 4.40. The van der Waals surface area contributed by atoms with E-state index >= 15 is 0 Å². The van der Waals surface area contributed by atoms with Crippen LogP contribution in [0.2, 0.25) is 5.02 Å². The smallest absolute Gasteiger partial charge is 0.426 e. The average molecular weight is 502 g/mol. The molecule has 0 fully saturated rings. The van der Waals surface area contributed by atoms with Crippen LogP contribution in [0.5, 0.6) is 5.75 Å². The van der Waals surface area contributed by atoms with Crippen molar-refractivity contribution in [2.24, 2.45) is 0 Å². The molecule has 0 heterocycles. The number of alkyl halides is 3. The van der Waals surface area contributed by atoms with Gasteiger partial charge >= 0.3 is 18.1 Å². The molecule has 0 spiro atoms. The number of carbonyl (C=O) groups excluding carboxylic acids is 2. The standard InChI is InChI=1S/C27H23ClF3NO3/c28-22-6-2-5-20(14-22)19-9-7-17(8-10-19)13-23(32-26(34)27(29,30)31)16-25(33)35-24-12-11-18-3-1-4-21(18)15-24/h2,5-12,14-15,23H,1,3-4,13,16H2,(H,32,34). The zero-order valence-electron chi connectivity index (χ0n) is 18.7. The van der Waals surface area contributed by atoms with Crippen molar-refractivity contribution >= 4 is 23.5 Å². The Hall–Kier alpha value is -3.32. The van der Waals surface area contributed by atoms with E-state index in [1.54, 1.807) is 36.4 Å². The predicted octanol–water partition coefficient (Wildman–Crippen LogP) is 6.08. The SMILES string of the molecule is O=C(CC(Cc1ccc(-c2cccc(Cl)c2)cc1)NC(=O)C(F)(F)F)Oc1ccc2c(c1)CCC2. The van der Waals surface area contributed by atoms with Gasteiger partial charge in [-0.1, -0.05) is 54.1 Å². The van der Waals surface area contributed by atoms with Gasteiger partial charge in [0.1, 0.15) is 5.75 Å². The largest absolute Gasteiger partial charge is 0.471 e. The normalized spacial score (nSPS) is 13.7. The number of halogens is 4. The van der Waals surface area contributed by atoms with Gasteiger partial charge in [-0.2, -0.15) is 13.2 Å². The lowest BCUT2D eigenvalue weighted by atomic mass is 9.99. The van der Waals surface area contributed by atoms with Crippen LogP contribution in [-0.2, 0) is 28.9 Å². The van der Waals surface area contributed by atoms with Crippen molar-refractivity contribution in [2.75, 3.05) is 0 Å². The molecule has 0 saturated carbocycles. The molecule has 1 N–H and O–H groups in total. The molecule has 182 valence electrons. The van der Waals surface area contributed by atoms with E-state index in [9.17, 15) is 22.8 Å². The summed E-state index contributed by atoms with van der Waals surface area (Å²) in [5.74, 6) is -2.46. The molecular weight excluding hydrogens is 479 g/mol. The predicted molar refractivity (Wildman–Crippen MR) is 127 cm³/mol. The molecule has 1 aliphatic rings. The van der Waals surface area contributed by atoms with Gasteiger partial charge in [-0.15, -0.1) is 0 Å². The number of benzene rings is 3. The molecule has 0 bridgehead atoms. The van der Waals surface area contributed by atoms with Crippen molar-refractivity contribution in [1.82, 2.24) is 5.32 Å². The summed E-state index contributed by atoms with van der Waals surface area (Å²) in [5.41, 5.74) is 4.75. The Bertz CT molecular complexity index is 1230. The quantitative estimate of drug-likeness (QED) is 0.315. The Kier molecular flexibility index (Phi) is 7.45. The van der Waals surface area contributed by atoms with Crippen molar-refractivity contribution in [3.05, 3.63) is 88.4 Å². The number of hydrogen-bond donors (Lipinski definition) is 1. The number of esters is 1. The van der Waals surface area contributed by atoms with E-state index in [0.29, 0.717) is 16.3 Å². The summed E-state index contributed by atoms with van der Waals surface area (Å²) in [5, 5.41) is 2.52. The number of nitrogens with one attached hydrogen (secondary N) is 1. The molecule has 1 unspecified atom stereocenters. The van der Waals surface area contributed by atoms with E-state index in [4.69, 9.17) is 16.3 Å². The van der Waals surface area contributed by atoms with Gasteiger partial charge in [-0.25, -0.2) is 0 Å². The number of amides is 1. The molecule has 3 aromatic carbocycles. The zero-order valence-corrected chi connectivity index (χ0v) is 19.5. The molecule has 1 amide bonds. The topological polar surface area (TPSA) is 55.4 Å². The number of aryl methyl sites for hydroxylation is 2. The first-order chi connectivity index (χ1) is 16.7. The van der Waals surface area contributed by atoms with Crippen molar-refractivity contribution in [3.8, 4) is 16.9 Å². The van der Waals surface area contributed by atoms with E-state index in [1.165, 1.54) is 5.56 Å². The van der Waals surface area contributed by atoms with Gasteiger partial charge in [0.05, 0.1) is 6.42 Å². The van der Waals surface area contributed by atoms with Crippen LogP contribution >= 0.6 is 11.6 Å². The highest BCUT2D eigenvalue weighted by Gasteiger charge is 2.40. The summed E-state index contributed by atoms with van der Waals surface area (Å²) in [4.78, 5) is 24.2. The van der Waals surface area contributed by atoms with Gasteiger partial charge in [0.2, 0.25) is 0 Å². The first-order valence-corrected chi connectivity index (χ1v) is 11.6. The lowest BCUT2D eigenvalue weighted by Crippen LogP contribution is -2.45. The summed E-state index contributed by atoms with van der Waals surface area (Å²) >= 11 is 6.04. The second kappa shape index (κ2) is 10.5. The summed E-state index contributed by atoms with van der Waals surface area (Å²) in [6.07, 6.45) is -2.53. The maximum atomic E-state index is 12.9. The van der Waals surface area contributed by atoms with Crippen molar-refractivity contribution in [3.63, 3.8) is 0 Å². The van der Waals surface area contributed by atoms with Gasteiger partial charge in [0.25, 0.3) is 0 Å². The van der Waals surface area contributed by atoms with E-state index < -0.39 is 30.5 Å². The van der Waals surface area contributed by atoms with E-state index in [2.05, 4.69) is 0 Å². The number of hydrogen-bond acceptors (Lipinski definition) is 3. The molecule has 1 atom stereocenters. The molecule has 0 saturated heterocycles. The molecule has 4 rings (SSSR count). The molecule has 3 aromatic rings. The number of ether oxygens (including phenoxy) is 1. The molecule has 8 heteroatoms. The third kappa shape index (κ3) is 6.63. The van der Waals surface area contributed by atoms with Gasteiger partial charge < -0.3 is 10.1 Å². The highest BCUT2D eigenvalue weighted by atomic mass is 35.5. The van der Waals surface area contributed by atoms with Gasteiger partial charge in [-0.05, 0) is 77.8 Å². The van der Waals surface area contributed by atoms with Crippen LogP contribution in [0.4, 0.5) is 13.2 Å². The van der Waals surface area contributed by atoms with Crippen LogP contribution in [0, 0.1) is 0 Å². The summed E-state index contributed by atoms with van der Waals surface area (Å²) in [7, 11) is 0. The molecule has 0 aliphatic heterocycles. The molecule has 0 aromatic heterocycles. The Morgan fingerprint density at radius 2 is 1.69 bits per heavy atom. The molecular formula is C27H23ClF3NO3. The van der Waals surface area contributed by atoms with Crippen LogP contribution in [0.25, 0.3) is 11.1 Å². The van der Waals surface area contributed by atoms with Crippen LogP contribution in [-0.4, -0.2) is 24.1 Å². The maximum absolute atomic E-state index is 12.9. The number of rotatable bonds is 7. The molecule has 0 radical (unpaired) electrons. The third-order valence-corrected chi connectivity index (χ3v) is 6.14. The first kappa shape index (κ1) is 24.8. The van der Waals surface area contributed by atoms with Crippen LogP contribution in [0.15, 0.2) is 66.7 Å². The Morgan fingerprint density at radius 3 is 2.40 bits per heavy atom. The van der Waals surface area contributed by atoms with E-state index in [0.717, 1.165) is 36.0 Å².